The van der Waals surface area contributed by atoms with Crippen LogP contribution in [0.4, 0.5) is 0 Å². The molecule has 0 bridgehead atoms. The molecule has 0 saturated heterocycles. The first kappa shape index (κ1) is 13.3. The summed E-state index contributed by atoms with van der Waals surface area (Å²) in [5.41, 5.74) is 3.65. The Balaban J connectivity index is 1.96. The minimum atomic E-state index is -0.0296. The summed E-state index contributed by atoms with van der Waals surface area (Å²) in [5.74, 6) is 0.567. The van der Waals surface area contributed by atoms with Gasteiger partial charge in [0.2, 0.25) is 0 Å². The van der Waals surface area contributed by atoms with Crippen LogP contribution in [-0.2, 0) is 5.41 Å². The topological polar surface area (TPSA) is 20.2 Å². The molecule has 0 aliphatic heterocycles. The minimum absolute atomic E-state index is 0.0296. The molecule has 0 spiro atoms. The molecule has 108 valence electrons. The lowest BCUT2D eigenvalue weighted by molar-refractivity contribution is 0.436. The molecule has 1 nitrogen and oxygen atoms in total. The van der Waals surface area contributed by atoms with Gasteiger partial charge in [-0.3, -0.25) is 0 Å². The van der Waals surface area contributed by atoms with Gasteiger partial charge in [0, 0.05) is 18.1 Å². The third-order valence-electron chi connectivity index (χ3n) is 5.04. The van der Waals surface area contributed by atoms with Crippen molar-refractivity contribution in [1.82, 2.24) is 0 Å². The monoisotopic (exact) mass is 287 g/mol. The number of phenols is 1. The number of rotatable bonds is 1. The highest BCUT2D eigenvalue weighted by atomic mass is 16.3. The van der Waals surface area contributed by atoms with E-state index >= 15 is 0 Å². The lowest BCUT2D eigenvalue weighted by atomic mass is 9.73. The predicted molar refractivity (Wildman–Crippen MR) is 91.2 cm³/mol. The van der Waals surface area contributed by atoms with Crippen molar-refractivity contribution in [3.63, 3.8) is 0 Å². The molecular formula is C21H19O+. The first-order valence-corrected chi connectivity index (χ1v) is 7.74. The largest absolute Gasteiger partial charge is 0.508 e. The Kier molecular flexibility index (Phi) is 2.74. The van der Waals surface area contributed by atoms with Crippen LogP contribution in [0.5, 0.6) is 5.75 Å². The zero-order valence-corrected chi connectivity index (χ0v) is 12.9. The van der Waals surface area contributed by atoms with Crippen molar-refractivity contribution in [3.05, 3.63) is 83.8 Å². The van der Waals surface area contributed by atoms with Crippen molar-refractivity contribution in [2.75, 3.05) is 0 Å². The summed E-state index contributed by atoms with van der Waals surface area (Å²) in [4.78, 5) is 0. The molecule has 3 aromatic carbocycles. The summed E-state index contributed by atoms with van der Waals surface area (Å²) < 4.78 is 0. The van der Waals surface area contributed by atoms with Crippen LogP contribution in [0.1, 0.15) is 36.5 Å². The summed E-state index contributed by atoms with van der Waals surface area (Å²) in [5, 5.41) is 12.9. The maximum Gasteiger partial charge on any atom is 0.134 e. The highest BCUT2D eigenvalue weighted by molar-refractivity contribution is 5.89. The smallest absolute Gasteiger partial charge is 0.134 e. The van der Waals surface area contributed by atoms with E-state index < -0.39 is 0 Å². The van der Waals surface area contributed by atoms with Gasteiger partial charge < -0.3 is 5.11 Å². The number of hydrogen-bond donors (Lipinski definition) is 1. The molecule has 0 heterocycles. The van der Waals surface area contributed by atoms with Crippen molar-refractivity contribution in [2.24, 2.45) is 0 Å². The number of benzene rings is 3. The minimum Gasteiger partial charge on any atom is -0.508 e. The second-order valence-corrected chi connectivity index (χ2v) is 6.67. The summed E-state index contributed by atoms with van der Waals surface area (Å²) in [7, 11) is 0. The average Bonchev–Trinajstić information content (AvgIpc) is 2.79. The van der Waals surface area contributed by atoms with Gasteiger partial charge in [-0.15, -0.1) is 0 Å². The fourth-order valence-corrected chi connectivity index (χ4v) is 3.84. The summed E-state index contributed by atoms with van der Waals surface area (Å²) in [6, 6.07) is 20.7. The fraction of sp³-hybridized carbons (Fsp3) is 0.190. The second kappa shape index (κ2) is 4.54. The van der Waals surface area contributed by atoms with E-state index in [0.29, 0.717) is 5.75 Å². The maximum atomic E-state index is 10.6. The van der Waals surface area contributed by atoms with Gasteiger partial charge in [-0.05, 0) is 48.9 Å². The number of fused-ring (bicyclic) bond motifs is 2. The van der Waals surface area contributed by atoms with Crippen LogP contribution in [-0.4, -0.2) is 5.11 Å². The standard InChI is InChI=1S/C21H18O/c1-21(2)17-10-6-4-8-15(17)13-18(21)20-16-9-5-3-7-14(16)11-12-19(20)22/h3-13,18H,1-2H3/p+1. The Hall–Kier alpha value is -2.41. The van der Waals surface area contributed by atoms with Crippen molar-refractivity contribution in [2.45, 2.75) is 25.2 Å². The average molecular weight is 287 g/mol. The van der Waals surface area contributed by atoms with Gasteiger partial charge in [0.15, 0.2) is 0 Å². The van der Waals surface area contributed by atoms with Crippen LogP contribution in [0.25, 0.3) is 10.8 Å². The quantitative estimate of drug-likeness (QED) is 0.612. The van der Waals surface area contributed by atoms with E-state index in [2.05, 4.69) is 56.7 Å². The molecule has 0 radical (unpaired) electrons. The van der Waals surface area contributed by atoms with Gasteiger partial charge in [-0.1, -0.05) is 30.3 Å². The summed E-state index contributed by atoms with van der Waals surface area (Å²) in [6.07, 6.45) is 2.30. The third-order valence-corrected chi connectivity index (χ3v) is 5.04. The van der Waals surface area contributed by atoms with E-state index in [-0.39, 0.29) is 11.3 Å². The van der Waals surface area contributed by atoms with E-state index in [9.17, 15) is 5.11 Å². The maximum absolute atomic E-state index is 10.6. The highest BCUT2D eigenvalue weighted by Crippen LogP contribution is 2.52. The Morgan fingerprint density at radius 1 is 0.909 bits per heavy atom. The Bertz CT molecular complexity index is 861. The van der Waals surface area contributed by atoms with Crippen molar-refractivity contribution >= 4 is 10.8 Å². The van der Waals surface area contributed by atoms with Crippen LogP contribution in [0.3, 0.4) is 0 Å². The molecule has 0 aromatic heterocycles. The van der Waals surface area contributed by atoms with Crippen LogP contribution < -0.4 is 0 Å². The van der Waals surface area contributed by atoms with Gasteiger partial charge >= 0.3 is 0 Å². The molecule has 1 unspecified atom stereocenters. The SMILES string of the molecule is CC1(C)c2ccccc2[CH+]C1c1c(O)ccc2ccccc12. The van der Waals surface area contributed by atoms with Crippen LogP contribution >= 0.6 is 0 Å². The lowest BCUT2D eigenvalue weighted by Crippen LogP contribution is -2.22. The van der Waals surface area contributed by atoms with Crippen molar-refractivity contribution in [3.8, 4) is 5.75 Å². The normalized spacial score (nSPS) is 18.9. The molecule has 1 aliphatic carbocycles. The fourth-order valence-electron chi connectivity index (χ4n) is 3.84. The van der Waals surface area contributed by atoms with Crippen molar-refractivity contribution in [1.29, 1.82) is 0 Å². The van der Waals surface area contributed by atoms with Crippen molar-refractivity contribution < 1.29 is 5.11 Å². The lowest BCUT2D eigenvalue weighted by Gasteiger charge is -2.25. The van der Waals surface area contributed by atoms with Gasteiger partial charge in [0.05, 0.1) is 16.9 Å². The summed E-state index contributed by atoms with van der Waals surface area (Å²) >= 11 is 0. The summed E-state index contributed by atoms with van der Waals surface area (Å²) in [6.45, 7) is 4.53. The zero-order valence-electron chi connectivity index (χ0n) is 12.9. The molecule has 1 heteroatoms. The Morgan fingerprint density at radius 3 is 2.45 bits per heavy atom. The number of aromatic hydroxyl groups is 1. The van der Waals surface area contributed by atoms with E-state index in [4.69, 9.17) is 0 Å². The Morgan fingerprint density at radius 2 is 1.64 bits per heavy atom. The molecule has 1 N–H and O–H groups in total. The van der Waals surface area contributed by atoms with Gasteiger partial charge in [0.25, 0.3) is 0 Å². The number of hydrogen-bond acceptors (Lipinski definition) is 1. The molecular weight excluding hydrogens is 268 g/mol. The predicted octanol–water partition coefficient (Wildman–Crippen LogP) is 5.17. The molecule has 4 rings (SSSR count). The van der Waals surface area contributed by atoms with Gasteiger partial charge in [-0.2, -0.15) is 0 Å². The van der Waals surface area contributed by atoms with E-state index in [0.717, 1.165) is 10.9 Å². The molecule has 0 amide bonds. The molecule has 1 atom stereocenters. The van der Waals surface area contributed by atoms with Gasteiger partial charge in [-0.25, -0.2) is 0 Å². The molecule has 1 aliphatic rings. The molecule has 3 aromatic rings. The zero-order chi connectivity index (χ0) is 15.3. The van der Waals surface area contributed by atoms with E-state index in [1.807, 2.05) is 24.3 Å². The highest BCUT2D eigenvalue weighted by Gasteiger charge is 2.48. The van der Waals surface area contributed by atoms with Gasteiger partial charge in [0.1, 0.15) is 11.3 Å². The second-order valence-electron chi connectivity index (χ2n) is 6.67. The van der Waals surface area contributed by atoms with E-state index in [1.54, 1.807) is 0 Å². The Labute approximate surface area is 131 Å². The van der Waals surface area contributed by atoms with Crippen LogP contribution in [0.15, 0.2) is 60.7 Å². The molecule has 22 heavy (non-hydrogen) atoms. The molecule has 0 fully saturated rings. The third kappa shape index (κ3) is 1.75. The van der Waals surface area contributed by atoms with Crippen LogP contribution in [0, 0.1) is 6.42 Å². The first-order chi connectivity index (χ1) is 10.6. The molecule has 0 saturated carbocycles. The number of phenolic OH excluding ortho intramolecular Hbond substituents is 1. The first-order valence-electron chi connectivity index (χ1n) is 7.74. The van der Waals surface area contributed by atoms with Crippen LogP contribution in [0.2, 0.25) is 0 Å². The van der Waals surface area contributed by atoms with E-state index in [1.165, 1.54) is 16.5 Å².